The highest BCUT2D eigenvalue weighted by Gasteiger charge is 2.43. The average molecular weight is 251 g/mol. The molecule has 0 spiro atoms. The molecule has 2 nitrogen and oxygen atoms in total. The van der Waals surface area contributed by atoms with Crippen molar-refractivity contribution >= 4 is 17.2 Å². The van der Waals surface area contributed by atoms with Crippen molar-refractivity contribution < 1.29 is 4.79 Å². The van der Waals surface area contributed by atoms with E-state index in [2.05, 4.69) is 29.8 Å². The van der Waals surface area contributed by atoms with Gasteiger partial charge in [0.2, 0.25) is 5.91 Å². The molecular weight excluding hydrogens is 230 g/mol. The monoisotopic (exact) mass is 251 g/mol. The van der Waals surface area contributed by atoms with Crippen LogP contribution in [0.3, 0.4) is 0 Å². The lowest BCUT2D eigenvalue weighted by atomic mass is 9.83. The highest BCUT2D eigenvalue weighted by molar-refractivity contribution is 7.10. The van der Waals surface area contributed by atoms with Crippen LogP contribution in [0.2, 0.25) is 0 Å². The van der Waals surface area contributed by atoms with Crippen molar-refractivity contribution in [1.29, 1.82) is 0 Å². The molecule has 94 valence electrons. The van der Waals surface area contributed by atoms with Crippen LogP contribution in [0.5, 0.6) is 0 Å². The SMILES string of the molecule is CCCCNC(=O)C1(c2cccs2)CCCC1. The largest absolute Gasteiger partial charge is 0.355 e. The maximum absolute atomic E-state index is 12.4. The summed E-state index contributed by atoms with van der Waals surface area (Å²) >= 11 is 1.73. The molecule has 0 radical (unpaired) electrons. The van der Waals surface area contributed by atoms with Gasteiger partial charge in [-0.1, -0.05) is 32.3 Å². The number of carbonyl (C=O) groups excluding carboxylic acids is 1. The van der Waals surface area contributed by atoms with Crippen molar-refractivity contribution in [2.45, 2.75) is 50.9 Å². The summed E-state index contributed by atoms with van der Waals surface area (Å²) in [6, 6.07) is 4.18. The van der Waals surface area contributed by atoms with Crippen LogP contribution in [-0.4, -0.2) is 12.5 Å². The smallest absolute Gasteiger partial charge is 0.231 e. The van der Waals surface area contributed by atoms with E-state index >= 15 is 0 Å². The molecule has 1 aromatic rings. The van der Waals surface area contributed by atoms with E-state index in [0.29, 0.717) is 0 Å². The molecule has 0 aromatic carbocycles. The van der Waals surface area contributed by atoms with Crippen molar-refractivity contribution in [3.63, 3.8) is 0 Å². The maximum Gasteiger partial charge on any atom is 0.231 e. The zero-order valence-corrected chi connectivity index (χ0v) is 11.3. The number of hydrogen-bond acceptors (Lipinski definition) is 2. The van der Waals surface area contributed by atoms with Crippen LogP contribution >= 0.6 is 11.3 Å². The second-order valence-corrected chi connectivity index (χ2v) is 5.82. The van der Waals surface area contributed by atoms with Crippen molar-refractivity contribution in [3.05, 3.63) is 22.4 Å². The Balaban J connectivity index is 2.09. The van der Waals surface area contributed by atoms with Crippen LogP contribution in [0.4, 0.5) is 0 Å². The molecule has 1 aliphatic rings. The van der Waals surface area contributed by atoms with Crippen molar-refractivity contribution in [3.8, 4) is 0 Å². The third-order valence-electron chi connectivity index (χ3n) is 3.70. The molecule has 3 heteroatoms. The summed E-state index contributed by atoms with van der Waals surface area (Å²) in [5, 5.41) is 5.20. The van der Waals surface area contributed by atoms with Crippen LogP contribution in [0.25, 0.3) is 0 Å². The number of hydrogen-bond donors (Lipinski definition) is 1. The van der Waals surface area contributed by atoms with E-state index < -0.39 is 0 Å². The molecule has 2 rings (SSSR count). The van der Waals surface area contributed by atoms with Gasteiger partial charge in [-0.05, 0) is 30.7 Å². The first kappa shape index (κ1) is 12.6. The summed E-state index contributed by atoms with van der Waals surface area (Å²) in [4.78, 5) is 13.7. The Labute approximate surface area is 107 Å². The lowest BCUT2D eigenvalue weighted by Gasteiger charge is -2.26. The first-order valence-corrected chi connectivity index (χ1v) is 7.50. The Morgan fingerprint density at radius 1 is 1.47 bits per heavy atom. The Hall–Kier alpha value is -0.830. The van der Waals surface area contributed by atoms with Gasteiger partial charge in [0.25, 0.3) is 0 Å². The molecule has 1 amide bonds. The number of carbonyl (C=O) groups is 1. The van der Waals surface area contributed by atoms with Crippen LogP contribution < -0.4 is 5.32 Å². The molecular formula is C14H21NOS. The van der Waals surface area contributed by atoms with E-state index in [1.807, 2.05) is 0 Å². The van der Waals surface area contributed by atoms with E-state index in [4.69, 9.17) is 0 Å². The van der Waals surface area contributed by atoms with Crippen LogP contribution in [0, 0.1) is 0 Å². The van der Waals surface area contributed by atoms with Gasteiger partial charge in [0.05, 0.1) is 5.41 Å². The Morgan fingerprint density at radius 2 is 2.24 bits per heavy atom. The molecule has 1 aromatic heterocycles. The fourth-order valence-electron chi connectivity index (χ4n) is 2.66. The predicted molar refractivity (Wildman–Crippen MR) is 72.4 cm³/mol. The lowest BCUT2D eigenvalue weighted by Crippen LogP contribution is -2.42. The third-order valence-corrected chi connectivity index (χ3v) is 4.77. The molecule has 0 aliphatic heterocycles. The summed E-state index contributed by atoms with van der Waals surface area (Å²) in [7, 11) is 0. The standard InChI is InChI=1S/C14H21NOS/c1-2-3-10-15-13(16)14(8-4-5-9-14)12-7-6-11-17-12/h6-7,11H,2-5,8-10H2,1H3,(H,15,16). The minimum Gasteiger partial charge on any atom is -0.355 e. The van der Waals surface area contributed by atoms with Crippen molar-refractivity contribution in [2.24, 2.45) is 0 Å². The van der Waals surface area contributed by atoms with Gasteiger partial charge >= 0.3 is 0 Å². The van der Waals surface area contributed by atoms with Gasteiger partial charge in [0.1, 0.15) is 0 Å². The first-order valence-electron chi connectivity index (χ1n) is 6.62. The molecule has 0 bridgehead atoms. The van der Waals surface area contributed by atoms with Crippen LogP contribution in [0.15, 0.2) is 17.5 Å². The van der Waals surface area contributed by atoms with E-state index in [1.165, 1.54) is 17.7 Å². The van der Waals surface area contributed by atoms with Gasteiger partial charge in [-0.3, -0.25) is 4.79 Å². The fraction of sp³-hybridized carbons (Fsp3) is 0.643. The number of amides is 1. The molecule has 0 atom stereocenters. The van der Waals surface area contributed by atoms with E-state index in [9.17, 15) is 4.79 Å². The number of thiophene rings is 1. The molecule has 0 unspecified atom stereocenters. The fourth-order valence-corrected chi connectivity index (χ4v) is 3.65. The van der Waals surface area contributed by atoms with E-state index in [0.717, 1.165) is 32.2 Å². The van der Waals surface area contributed by atoms with Gasteiger partial charge in [-0.2, -0.15) is 0 Å². The second kappa shape index (κ2) is 5.67. The van der Waals surface area contributed by atoms with Crippen molar-refractivity contribution in [1.82, 2.24) is 5.32 Å². The number of nitrogens with one attached hydrogen (secondary N) is 1. The zero-order valence-electron chi connectivity index (χ0n) is 10.5. The predicted octanol–water partition coefficient (Wildman–Crippen LogP) is 3.48. The first-order chi connectivity index (χ1) is 8.29. The summed E-state index contributed by atoms with van der Waals surface area (Å²) in [6.07, 6.45) is 6.60. The molecule has 1 N–H and O–H groups in total. The zero-order chi connectivity index (χ0) is 12.1. The second-order valence-electron chi connectivity index (χ2n) is 4.88. The number of unbranched alkanes of at least 4 members (excludes halogenated alkanes) is 1. The molecule has 0 saturated heterocycles. The molecule has 1 heterocycles. The highest BCUT2D eigenvalue weighted by atomic mass is 32.1. The maximum atomic E-state index is 12.4. The van der Waals surface area contributed by atoms with Gasteiger partial charge in [-0.25, -0.2) is 0 Å². The minimum absolute atomic E-state index is 0.206. The quantitative estimate of drug-likeness (QED) is 0.798. The molecule has 1 aliphatic carbocycles. The summed E-state index contributed by atoms with van der Waals surface area (Å²) in [5.41, 5.74) is -0.206. The Bertz CT molecular complexity index is 352. The van der Waals surface area contributed by atoms with Crippen LogP contribution in [0.1, 0.15) is 50.3 Å². The summed E-state index contributed by atoms with van der Waals surface area (Å²) in [6.45, 7) is 2.97. The minimum atomic E-state index is -0.206. The molecule has 1 saturated carbocycles. The molecule has 1 fully saturated rings. The molecule has 17 heavy (non-hydrogen) atoms. The van der Waals surface area contributed by atoms with Crippen molar-refractivity contribution in [2.75, 3.05) is 6.54 Å². The van der Waals surface area contributed by atoms with E-state index in [-0.39, 0.29) is 11.3 Å². The van der Waals surface area contributed by atoms with Gasteiger partial charge in [0.15, 0.2) is 0 Å². The van der Waals surface area contributed by atoms with Gasteiger partial charge in [-0.15, -0.1) is 11.3 Å². The summed E-state index contributed by atoms with van der Waals surface area (Å²) < 4.78 is 0. The highest BCUT2D eigenvalue weighted by Crippen LogP contribution is 2.43. The van der Waals surface area contributed by atoms with Gasteiger partial charge in [0, 0.05) is 11.4 Å². The van der Waals surface area contributed by atoms with E-state index in [1.54, 1.807) is 11.3 Å². The Morgan fingerprint density at radius 3 is 2.82 bits per heavy atom. The number of rotatable bonds is 5. The third kappa shape index (κ3) is 2.54. The lowest BCUT2D eigenvalue weighted by molar-refractivity contribution is -0.126. The summed E-state index contributed by atoms with van der Waals surface area (Å²) in [5.74, 6) is 0.255. The van der Waals surface area contributed by atoms with Gasteiger partial charge < -0.3 is 5.32 Å². The Kier molecular flexibility index (Phi) is 4.21. The van der Waals surface area contributed by atoms with Crippen LogP contribution in [-0.2, 0) is 10.2 Å². The normalized spacial score (nSPS) is 18.2. The average Bonchev–Trinajstić information content (AvgIpc) is 3.00. The topological polar surface area (TPSA) is 29.1 Å².